The van der Waals surface area contributed by atoms with E-state index in [0.717, 1.165) is 44.1 Å². The molecule has 0 saturated heterocycles. The van der Waals surface area contributed by atoms with E-state index >= 15 is 0 Å². The summed E-state index contributed by atoms with van der Waals surface area (Å²) in [4.78, 5) is 0. The van der Waals surface area contributed by atoms with Crippen molar-refractivity contribution >= 4 is 9.47 Å². The maximum absolute atomic E-state index is 9.20. The molecule has 0 aromatic heterocycles. The van der Waals surface area contributed by atoms with E-state index in [1.54, 1.807) is 0 Å². The van der Waals surface area contributed by atoms with Gasteiger partial charge in [0.15, 0.2) is 0 Å². The van der Waals surface area contributed by atoms with E-state index in [2.05, 4.69) is 55.4 Å². The average Bonchev–Trinajstić information content (AvgIpc) is 2.43. The van der Waals surface area contributed by atoms with Crippen molar-refractivity contribution in [2.24, 2.45) is 0 Å². The summed E-state index contributed by atoms with van der Waals surface area (Å²) in [7, 11) is 2.25. The van der Waals surface area contributed by atoms with Gasteiger partial charge in [-0.1, -0.05) is 28.9 Å². The van der Waals surface area contributed by atoms with Crippen LogP contribution in [0.4, 0.5) is 0 Å². The number of hydrogen-bond acceptors (Lipinski definition) is 2. The maximum Gasteiger partial charge on any atom is 0.0946 e. The SMILES string of the molecule is CC(C)=CCCC(C)=CCCC(C)=C(C#N)CCCOP. The molecule has 0 aliphatic rings. The van der Waals surface area contributed by atoms with Crippen molar-refractivity contribution in [3.63, 3.8) is 0 Å². The fourth-order valence-corrected chi connectivity index (χ4v) is 2.24. The first-order valence-corrected chi connectivity index (χ1v) is 8.17. The van der Waals surface area contributed by atoms with E-state index in [-0.39, 0.29) is 0 Å². The van der Waals surface area contributed by atoms with Crippen LogP contribution in [-0.2, 0) is 4.52 Å². The summed E-state index contributed by atoms with van der Waals surface area (Å²) in [5.41, 5.74) is 4.96. The van der Waals surface area contributed by atoms with Gasteiger partial charge in [0.2, 0.25) is 0 Å². The Balaban J connectivity index is 4.22. The molecular weight excluding hydrogens is 277 g/mol. The van der Waals surface area contributed by atoms with Gasteiger partial charge >= 0.3 is 0 Å². The number of nitrogens with zero attached hydrogens (tertiary/aromatic N) is 1. The number of nitriles is 1. The van der Waals surface area contributed by atoms with E-state index in [1.165, 1.54) is 16.7 Å². The van der Waals surface area contributed by atoms with E-state index in [9.17, 15) is 5.26 Å². The molecule has 0 heterocycles. The fourth-order valence-electron chi connectivity index (χ4n) is 2.07. The van der Waals surface area contributed by atoms with Crippen LogP contribution < -0.4 is 0 Å². The highest BCUT2D eigenvalue weighted by Crippen LogP contribution is 2.17. The molecule has 0 radical (unpaired) electrons. The Morgan fingerprint density at radius 2 is 1.71 bits per heavy atom. The largest absolute Gasteiger partial charge is 0.366 e. The Morgan fingerprint density at radius 1 is 1.05 bits per heavy atom. The van der Waals surface area contributed by atoms with Crippen molar-refractivity contribution in [3.8, 4) is 6.07 Å². The van der Waals surface area contributed by atoms with Crippen LogP contribution in [0.15, 0.2) is 34.4 Å². The molecule has 0 amide bonds. The molecule has 0 bridgehead atoms. The van der Waals surface area contributed by atoms with Gasteiger partial charge in [-0.2, -0.15) is 5.26 Å². The van der Waals surface area contributed by atoms with Crippen LogP contribution in [0.5, 0.6) is 0 Å². The molecule has 0 aromatic carbocycles. The normalized spacial score (nSPS) is 12.7. The van der Waals surface area contributed by atoms with Crippen LogP contribution >= 0.6 is 9.47 Å². The molecular formula is C18H30NOP. The van der Waals surface area contributed by atoms with Gasteiger partial charge in [0.1, 0.15) is 0 Å². The molecule has 1 unspecified atom stereocenters. The Kier molecular flexibility index (Phi) is 12.3. The van der Waals surface area contributed by atoms with Crippen molar-refractivity contribution in [2.45, 2.75) is 66.2 Å². The molecule has 0 fully saturated rings. The lowest BCUT2D eigenvalue weighted by atomic mass is 10.0. The molecule has 118 valence electrons. The summed E-state index contributed by atoms with van der Waals surface area (Å²) < 4.78 is 4.95. The van der Waals surface area contributed by atoms with Crippen LogP contribution in [0.1, 0.15) is 66.2 Å². The van der Waals surface area contributed by atoms with E-state index < -0.39 is 0 Å². The summed E-state index contributed by atoms with van der Waals surface area (Å²) in [5.74, 6) is 0. The van der Waals surface area contributed by atoms with Gasteiger partial charge in [-0.25, -0.2) is 0 Å². The summed E-state index contributed by atoms with van der Waals surface area (Å²) in [6.07, 6.45) is 10.6. The van der Waals surface area contributed by atoms with E-state index in [0.29, 0.717) is 6.61 Å². The summed E-state index contributed by atoms with van der Waals surface area (Å²) in [5, 5.41) is 9.20. The standard InChI is InChI=1S/C18H30NOP/c1-15(2)8-5-9-16(3)10-6-11-17(4)18(14-19)12-7-13-20-21/h8,10H,5-7,9,11-13,21H2,1-4H3. The summed E-state index contributed by atoms with van der Waals surface area (Å²) in [6.45, 7) is 9.23. The van der Waals surface area contributed by atoms with Crippen molar-refractivity contribution in [1.29, 1.82) is 5.26 Å². The second-order valence-electron chi connectivity index (χ2n) is 5.75. The quantitative estimate of drug-likeness (QED) is 0.218. The first-order chi connectivity index (χ1) is 10.0. The Bertz CT molecular complexity index is 423. The van der Waals surface area contributed by atoms with Gasteiger partial charge in [0.05, 0.1) is 12.7 Å². The van der Waals surface area contributed by atoms with Gasteiger partial charge in [0, 0.05) is 15.0 Å². The van der Waals surface area contributed by atoms with Crippen LogP contribution in [0.25, 0.3) is 0 Å². The lowest BCUT2D eigenvalue weighted by Crippen LogP contribution is -1.91. The Hall–Kier alpha value is -0.900. The molecule has 2 nitrogen and oxygen atoms in total. The zero-order chi connectivity index (χ0) is 16.1. The molecule has 0 aromatic rings. The highest BCUT2D eigenvalue weighted by Gasteiger charge is 2.02. The lowest BCUT2D eigenvalue weighted by molar-refractivity contribution is 0.363. The number of rotatable bonds is 10. The minimum absolute atomic E-state index is 0.687. The maximum atomic E-state index is 9.20. The second-order valence-corrected chi connectivity index (χ2v) is 6.09. The van der Waals surface area contributed by atoms with Crippen LogP contribution in [0.2, 0.25) is 0 Å². The van der Waals surface area contributed by atoms with Crippen LogP contribution in [0.3, 0.4) is 0 Å². The van der Waals surface area contributed by atoms with Gasteiger partial charge in [-0.3, -0.25) is 0 Å². The highest BCUT2D eigenvalue weighted by atomic mass is 31.0. The van der Waals surface area contributed by atoms with Gasteiger partial charge in [-0.05, 0) is 66.2 Å². The topological polar surface area (TPSA) is 33.0 Å². The lowest BCUT2D eigenvalue weighted by Gasteiger charge is -2.05. The monoisotopic (exact) mass is 307 g/mol. The summed E-state index contributed by atoms with van der Waals surface area (Å²) in [6, 6.07) is 2.33. The second kappa shape index (κ2) is 12.8. The molecule has 0 aliphatic carbocycles. The number of hydrogen-bond donors (Lipinski definition) is 0. The van der Waals surface area contributed by atoms with Gasteiger partial charge < -0.3 is 4.52 Å². The fraction of sp³-hybridized carbons (Fsp3) is 0.611. The van der Waals surface area contributed by atoms with Crippen LogP contribution in [0, 0.1) is 11.3 Å². The van der Waals surface area contributed by atoms with Gasteiger partial charge in [-0.15, -0.1) is 0 Å². The number of allylic oxidation sites excluding steroid dienone is 6. The average molecular weight is 307 g/mol. The van der Waals surface area contributed by atoms with Crippen molar-refractivity contribution in [3.05, 3.63) is 34.4 Å². The van der Waals surface area contributed by atoms with E-state index in [1.807, 2.05) is 0 Å². The summed E-state index contributed by atoms with van der Waals surface area (Å²) >= 11 is 0. The van der Waals surface area contributed by atoms with Crippen molar-refractivity contribution < 1.29 is 4.52 Å². The predicted molar refractivity (Wildman–Crippen MR) is 94.9 cm³/mol. The highest BCUT2D eigenvalue weighted by molar-refractivity contribution is 7.09. The molecule has 0 aliphatic heterocycles. The molecule has 3 heteroatoms. The minimum atomic E-state index is 0.687. The van der Waals surface area contributed by atoms with Crippen LogP contribution in [-0.4, -0.2) is 6.61 Å². The van der Waals surface area contributed by atoms with E-state index in [4.69, 9.17) is 4.52 Å². The first-order valence-electron chi connectivity index (χ1n) is 7.70. The molecule has 1 atom stereocenters. The molecule has 0 saturated carbocycles. The smallest absolute Gasteiger partial charge is 0.0946 e. The zero-order valence-electron chi connectivity index (χ0n) is 14.0. The minimum Gasteiger partial charge on any atom is -0.366 e. The Morgan fingerprint density at radius 3 is 2.29 bits per heavy atom. The molecule has 0 rings (SSSR count). The first kappa shape index (κ1) is 20.1. The third-order valence-electron chi connectivity index (χ3n) is 3.44. The molecule has 0 N–H and O–H groups in total. The molecule has 0 spiro atoms. The zero-order valence-corrected chi connectivity index (χ0v) is 15.2. The van der Waals surface area contributed by atoms with Crippen molar-refractivity contribution in [2.75, 3.05) is 6.61 Å². The third kappa shape index (κ3) is 11.4. The Labute approximate surface area is 133 Å². The third-order valence-corrected chi connectivity index (χ3v) is 3.68. The van der Waals surface area contributed by atoms with Crippen molar-refractivity contribution in [1.82, 2.24) is 0 Å². The molecule has 21 heavy (non-hydrogen) atoms. The predicted octanol–water partition coefficient (Wildman–Crippen LogP) is 5.89. The van der Waals surface area contributed by atoms with Gasteiger partial charge in [0.25, 0.3) is 0 Å².